The maximum absolute atomic E-state index is 14.2. The van der Waals surface area contributed by atoms with E-state index in [1.165, 1.54) is 37.8 Å². The predicted molar refractivity (Wildman–Crippen MR) is 109 cm³/mol. The third-order valence-electron chi connectivity index (χ3n) is 5.41. The van der Waals surface area contributed by atoms with E-state index in [4.69, 9.17) is 14.2 Å². The number of hydrogen-bond acceptors (Lipinski definition) is 3. The Morgan fingerprint density at radius 2 is 1.76 bits per heavy atom. The van der Waals surface area contributed by atoms with Crippen LogP contribution in [-0.2, 0) is 11.3 Å². The normalized spacial score (nSPS) is 19.2. The van der Waals surface area contributed by atoms with Crippen LogP contribution >= 0.6 is 0 Å². The summed E-state index contributed by atoms with van der Waals surface area (Å²) in [5.41, 5.74) is 1.29. The van der Waals surface area contributed by atoms with E-state index >= 15 is 0 Å². The van der Waals surface area contributed by atoms with Crippen LogP contribution < -0.4 is 9.47 Å². The smallest absolute Gasteiger partial charge is 0.201 e. The van der Waals surface area contributed by atoms with Gasteiger partial charge in [-0.1, -0.05) is 31.9 Å². The lowest BCUT2D eigenvalue weighted by Crippen LogP contribution is -2.20. The fraction of sp³-hybridized carbons (Fsp3) is 0.500. The number of benzene rings is 2. The van der Waals surface area contributed by atoms with Crippen LogP contribution in [-0.4, -0.2) is 13.2 Å². The fourth-order valence-corrected chi connectivity index (χ4v) is 3.68. The van der Waals surface area contributed by atoms with Crippen molar-refractivity contribution < 1.29 is 23.0 Å². The SMILES string of the molecule is CCCCC1CCC(c2ccc(OCc3ccc(OCC)c(F)c3F)cc2)OC1. The molecule has 2 aromatic rings. The highest BCUT2D eigenvalue weighted by molar-refractivity contribution is 5.32. The van der Waals surface area contributed by atoms with Gasteiger partial charge in [0.2, 0.25) is 5.82 Å². The summed E-state index contributed by atoms with van der Waals surface area (Å²) in [4.78, 5) is 0. The lowest BCUT2D eigenvalue weighted by molar-refractivity contribution is -0.0198. The Kier molecular flexibility index (Phi) is 7.87. The molecule has 0 aromatic heterocycles. The van der Waals surface area contributed by atoms with Crippen molar-refractivity contribution in [1.29, 1.82) is 0 Å². The molecule has 0 aliphatic carbocycles. The van der Waals surface area contributed by atoms with Crippen molar-refractivity contribution in [3.8, 4) is 11.5 Å². The number of hydrogen-bond donors (Lipinski definition) is 0. The first-order chi connectivity index (χ1) is 14.1. The molecule has 1 saturated heterocycles. The van der Waals surface area contributed by atoms with Gasteiger partial charge in [0.25, 0.3) is 0 Å². The van der Waals surface area contributed by atoms with E-state index in [2.05, 4.69) is 6.92 Å². The third-order valence-corrected chi connectivity index (χ3v) is 5.41. The van der Waals surface area contributed by atoms with Crippen LogP contribution in [0.4, 0.5) is 8.78 Å². The summed E-state index contributed by atoms with van der Waals surface area (Å²) < 4.78 is 44.9. The molecule has 1 heterocycles. The average molecular weight is 404 g/mol. The number of ether oxygens (including phenoxy) is 3. The van der Waals surface area contributed by atoms with Gasteiger partial charge < -0.3 is 14.2 Å². The molecule has 29 heavy (non-hydrogen) atoms. The predicted octanol–water partition coefficient (Wildman–Crippen LogP) is 6.60. The summed E-state index contributed by atoms with van der Waals surface area (Å²) in [6.45, 7) is 5.00. The van der Waals surface area contributed by atoms with E-state index in [0.717, 1.165) is 18.6 Å². The molecule has 1 fully saturated rings. The number of rotatable bonds is 9. The van der Waals surface area contributed by atoms with Crippen LogP contribution in [0.3, 0.4) is 0 Å². The average Bonchev–Trinajstić information content (AvgIpc) is 2.76. The second-order valence-corrected chi connectivity index (χ2v) is 7.55. The summed E-state index contributed by atoms with van der Waals surface area (Å²) in [7, 11) is 0. The Balaban J connectivity index is 1.53. The molecule has 0 radical (unpaired) electrons. The summed E-state index contributed by atoms with van der Waals surface area (Å²) in [5.74, 6) is -0.699. The molecule has 1 aliphatic rings. The minimum atomic E-state index is -0.977. The standard InChI is InChI=1S/C24H30F2O3/c1-3-5-6-17-7-13-21(29-15-17)18-8-11-20(12-9-18)28-16-19-10-14-22(27-4-2)24(26)23(19)25/h8-12,14,17,21H,3-7,13,15-16H2,1-2H3. The first kappa shape index (κ1) is 21.6. The van der Waals surface area contributed by atoms with Gasteiger partial charge in [0.15, 0.2) is 11.6 Å². The second kappa shape index (κ2) is 10.6. The van der Waals surface area contributed by atoms with E-state index in [1.54, 1.807) is 6.92 Å². The van der Waals surface area contributed by atoms with E-state index in [9.17, 15) is 8.78 Å². The van der Waals surface area contributed by atoms with Crippen LogP contribution in [0, 0.1) is 17.6 Å². The van der Waals surface area contributed by atoms with Gasteiger partial charge in [-0.3, -0.25) is 0 Å². The third kappa shape index (κ3) is 5.69. The second-order valence-electron chi connectivity index (χ2n) is 7.55. The highest BCUT2D eigenvalue weighted by Gasteiger charge is 2.22. The highest BCUT2D eigenvalue weighted by atomic mass is 19.2. The van der Waals surface area contributed by atoms with Crippen molar-refractivity contribution in [2.45, 2.75) is 58.7 Å². The number of halogens is 2. The first-order valence-corrected chi connectivity index (χ1v) is 10.6. The molecule has 158 valence electrons. The van der Waals surface area contributed by atoms with Crippen molar-refractivity contribution >= 4 is 0 Å². The molecule has 5 heteroatoms. The molecule has 2 aromatic carbocycles. The lowest BCUT2D eigenvalue weighted by atomic mass is 9.91. The van der Waals surface area contributed by atoms with Gasteiger partial charge in [-0.05, 0) is 61.9 Å². The van der Waals surface area contributed by atoms with E-state index in [1.807, 2.05) is 24.3 Å². The molecular weight excluding hydrogens is 374 g/mol. The highest BCUT2D eigenvalue weighted by Crippen LogP contribution is 2.33. The Bertz CT molecular complexity index is 768. The van der Waals surface area contributed by atoms with Crippen LogP contribution in [0.1, 0.15) is 63.2 Å². The van der Waals surface area contributed by atoms with E-state index in [-0.39, 0.29) is 30.6 Å². The van der Waals surface area contributed by atoms with Crippen molar-refractivity contribution in [1.82, 2.24) is 0 Å². The zero-order valence-electron chi connectivity index (χ0n) is 17.3. The van der Waals surface area contributed by atoms with Gasteiger partial charge in [-0.25, -0.2) is 4.39 Å². The van der Waals surface area contributed by atoms with Crippen molar-refractivity contribution in [3.05, 3.63) is 59.2 Å². The molecule has 0 spiro atoms. The quantitative estimate of drug-likeness (QED) is 0.471. The van der Waals surface area contributed by atoms with Gasteiger partial charge >= 0.3 is 0 Å². The largest absolute Gasteiger partial charge is 0.491 e. The summed E-state index contributed by atoms with van der Waals surface area (Å²) in [6.07, 6.45) is 6.10. The van der Waals surface area contributed by atoms with Gasteiger partial charge in [0, 0.05) is 5.56 Å². The summed E-state index contributed by atoms with van der Waals surface area (Å²) >= 11 is 0. The minimum absolute atomic E-state index is 0.0481. The van der Waals surface area contributed by atoms with Gasteiger partial charge in [0.05, 0.1) is 19.3 Å². The van der Waals surface area contributed by atoms with Gasteiger partial charge in [0.1, 0.15) is 12.4 Å². The minimum Gasteiger partial charge on any atom is -0.491 e. The molecule has 0 bridgehead atoms. The summed E-state index contributed by atoms with van der Waals surface area (Å²) in [5, 5.41) is 0. The topological polar surface area (TPSA) is 27.7 Å². The Morgan fingerprint density at radius 3 is 2.41 bits per heavy atom. The van der Waals surface area contributed by atoms with Crippen LogP contribution in [0.25, 0.3) is 0 Å². The van der Waals surface area contributed by atoms with Crippen LogP contribution in [0.5, 0.6) is 11.5 Å². The molecular formula is C24H30F2O3. The molecule has 3 rings (SSSR count). The zero-order chi connectivity index (χ0) is 20.6. The van der Waals surface area contributed by atoms with Crippen LogP contribution in [0.2, 0.25) is 0 Å². The van der Waals surface area contributed by atoms with Crippen LogP contribution in [0.15, 0.2) is 36.4 Å². The number of unbranched alkanes of at least 4 members (excludes halogenated alkanes) is 1. The molecule has 1 aliphatic heterocycles. The molecule has 0 amide bonds. The lowest BCUT2D eigenvalue weighted by Gasteiger charge is -2.29. The van der Waals surface area contributed by atoms with Crippen molar-refractivity contribution in [2.75, 3.05) is 13.2 Å². The molecule has 3 nitrogen and oxygen atoms in total. The molecule has 0 saturated carbocycles. The van der Waals surface area contributed by atoms with E-state index < -0.39 is 11.6 Å². The van der Waals surface area contributed by atoms with E-state index in [0.29, 0.717) is 11.7 Å². The zero-order valence-corrected chi connectivity index (χ0v) is 17.3. The Hall–Kier alpha value is -2.14. The fourth-order valence-electron chi connectivity index (χ4n) is 3.68. The maximum atomic E-state index is 14.2. The Labute approximate surface area is 172 Å². The first-order valence-electron chi connectivity index (χ1n) is 10.6. The van der Waals surface area contributed by atoms with Crippen molar-refractivity contribution in [2.24, 2.45) is 5.92 Å². The van der Waals surface area contributed by atoms with Gasteiger partial charge in [-0.15, -0.1) is 0 Å². The molecule has 0 N–H and O–H groups in total. The molecule has 2 unspecified atom stereocenters. The maximum Gasteiger partial charge on any atom is 0.201 e. The monoisotopic (exact) mass is 404 g/mol. The summed E-state index contributed by atoms with van der Waals surface area (Å²) in [6, 6.07) is 10.6. The van der Waals surface area contributed by atoms with Gasteiger partial charge in [-0.2, -0.15) is 4.39 Å². The van der Waals surface area contributed by atoms with Crippen molar-refractivity contribution in [3.63, 3.8) is 0 Å². The molecule has 2 atom stereocenters. The Morgan fingerprint density at radius 1 is 0.966 bits per heavy atom.